The van der Waals surface area contributed by atoms with Crippen LogP contribution in [0, 0.1) is 13.8 Å². The molecule has 2 heterocycles. The van der Waals surface area contributed by atoms with Crippen molar-refractivity contribution in [1.82, 2.24) is 4.98 Å². The number of anilines is 2. The summed E-state index contributed by atoms with van der Waals surface area (Å²) < 4.78 is 0. The van der Waals surface area contributed by atoms with E-state index in [1.807, 2.05) is 32.0 Å². The molecule has 1 aliphatic rings. The van der Waals surface area contributed by atoms with Crippen molar-refractivity contribution < 1.29 is 19.8 Å². The molecule has 0 fully saturated rings. The fraction of sp³-hybridized carbons (Fsp3) is 0.107. The van der Waals surface area contributed by atoms with Crippen LogP contribution in [-0.4, -0.2) is 38.5 Å². The van der Waals surface area contributed by atoms with Crippen molar-refractivity contribution in [1.29, 1.82) is 0 Å². The van der Waals surface area contributed by atoms with Crippen LogP contribution >= 0.6 is 0 Å². The average Bonchev–Trinajstić information content (AvgIpc) is 3.17. The number of aromatic amines is 1. The molecule has 190 valence electrons. The summed E-state index contributed by atoms with van der Waals surface area (Å²) in [6.07, 6.45) is 0. The number of hydrogen-bond donors (Lipinski definition) is 4. The number of carboxylic acids is 1. The van der Waals surface area contributed by atoms with E-state index in [4.69, 9.17) is 0 Å². The van der Waals surface area contributed by atoms with E-state index in [0.717, 1.165) is 11.1 Å². The van der Waals surface area contributed by atoms with Gasteiger partial charge in [-0.25, -0.2) is 4.79 Å². The molecule has 4 N–H and O–H groups in total. The van der Waals surface area contributed by atoms with Crippen molar-refractivity contribution in [3.8, 4) is 16.9 Å². The van der Waals surface area contributed by atoms with Crippen molar-refractivity contribution in [3.63, 3.8) is 0 Å². The van der Waals surface area contributed by atoms with E-state index in [9.17, 15) is 24.6 Å². The number of phenolic OH excluding ortho intramolecular Hbond substituents is 1. The summed E-state index contributed by atoms with van der Waals surface area (Å²) in [5.41, 5.74) is 6.73. The number of nitrogens with one attached hydrogen (secondary N) is 2. The van der Waals surface area contributed by atoms with Gasteiger partial charge < -0.3 is 15.2 Å². The van der Waals surface area contributed by atoms with E-state index < -0.39 is 17.4 Å². The van der Waals surface area contributed by atoms with Crippen LogP contribution in [0.3, 0.4) is 0 Å². The van der Waals surface area contributed by atoms with E-state index in [1.54, 1.807) is 43.3 Å². The monoisotopic (exact) mass is 509 g/mol. The molecule has 4 aromatic rings. The van der Waals surface area contributed by atoms with Gasteiger partial charge >= 0.3 is 11.9 Å². The zero-order valence-electron chi connectivity index (χ0n) is 20.7. The molecule has 5 rings (SSSR count). The number of phenols is 1. The minimum Gasteiger partial charge on any atom is -0.505 e. The number of aromatic hydroxyl groups is 1. The van der Waals surface area contributed by atoms with E-state index in [-0.39, 0.29) is 22.7 Å². The molecule has 0 bridgehead atoms. The number of hydrazone groups is 2. The van der Waals surface area contributed by atoms with Crippen LogP contribution in [0.4, 0.5) is 11.4 Å². The van der Waals surface area contributed by atoms with E-state index in [1.165, 1.54) is 11.1 Å². The predicted octanol–water partition coefficient (Wildman–Crippen LogP) is 4.41. The summed E-state index contributed by atoms with van der Waals surface area (Å²) in [4.78, 5) is 39.0. The van der Waals surface area contributed by atoms with Gasteiger partial charge in [-0.1, -0.05) is 30.3 Å². The third kappa shape index (κ3) is 4.28. The molecule has 3 aromatic carbocycles. The van der Waals surface area contributed by atoms with Gasteiger partial charge in [-0.05, 0) is 73.2 Å². The van der Waals surface area contributed by atoms with Crippen molar-refractivity contribution in [2.45, 2.75) is 20.8 Å². The van der Waals surface area contributed by atoms with Gasteiger partial charge in [-0.2, -0.15) is 15.2 Å². The van der Waals surface area contributed by atoms with Gasteiger partial charge in [0.05, 0.1) is 17.1 Å². The molecular weight excluding hydrogens is 486 g/mol. The number of aromatic nitrogens is 1. The van der Waals surface area contributed by atoms with Crippen LogP contribution < -0.4 is 16.0 Å². The van der Waals surface area contributed by atoms with E-state index >= 15 is 0 Å². The van der Waals surface area contributed by atoms with E-state index in [2.05, 4.69) is 20.6 Å². The lowest BCUT2D eigenvalue weighted by molar-refractivity contribution is -0.112. The first-order chi connectivity index (χ1) is 18.1. The number of rotatable bonds is 5. The number of nitrogens with zero attached hydrogens (tertiary/aromatic N) is 3. The Labute approximate surface area is 216 Å². The van der Waals surface area contributed by atoms with Gasteiger partial charge in [0.25, 0.3) is 5.56 Å². The Morgan fingerprint density at radius 1 is 1.00 bits per heavy atom. The topological polar surface area (TPSA) is 147 Å². The van der Waals surface area contributed by atoms with Gasteiger partial charge in [0.2, 0.25) is 0 Å². The van der Waals surface area contributed by atoms with Crippen molar-refractivity contribution in [2.24, 2.45) is 10.2 Å². The van der Waals surface area contributed by atoms with Crippen LogP contribution in [0.2, 0.25) is 0 Å². The zero-order valence-corrected chi connectivity index (χ0v) is 20.7. The number of para-hydroxylation sites is 1. The fourth-order valence-corrected chi connectivity index (χ4v) is 4.17. The number of carbonyl (C=O) groups is 2. The molecule has 1 aliphatic heterocycles. The smallest absolute Gasteiger partial charge is 0.341 e. The number of amides is 1. The Morgan fingerprint density at radius 2 is 1.79 bits per heavy atom. The predicted molar refractivity (Wildman–Crippen MR) is 146 cm³/mol. The SMILES string of the molecule is CC1=NN(c2ccc(C)c(C)c2)C(=O)C1=NNc1cccc(-c2ccc3cc(C(=O)O)c(=O)[nH]c3c2)c1O. The third-order valence-corrected chi connectivity index (χ3v) is 6.43. The molecule has 0 saturated carbocycles. The molecule has 1 amide bonds. The highest BCUT2D eigenvalue weighted by Crippen LogP contribution is 2.36. The molecule has 0 spiro atoms. The Balaban J connectivity index is 1.43. The Bertz CT molecular complexity index is 1770. The van der Waals surface area contributed by atoms with Crippen molar-refractivity contribution in [2.75, 3.05) is 10.4 Å². The van der Waals surface area contributed by atoms with Crippen LogP contribution in [-0.2, 0) is 4.79 Å². The molecule has 38 heavy (non-hydrogen) atoms. The highest BCUT2D eigenvalue weighted by molar-refractivity contribution is 6.71. The van der Waals surface area contributed by atoms with Gasteiger partial charge in [-0.3, -0.25) is 15.0 Å². The number of carboxylic acid groups (broad SMARTS) is 1. The molecular formula is C28H23N5O5. The Hall–Kier alpha value is -5.25. The zero-order chi connectivity index (χ0) is 27.1. The van der Waals surface area contributed by atoms with Gasteiger partial charge in [0.15, 0.2) is 5.71 Å². The number of aryl methyl sites for hydroxylation is 2. The van der Waals surface area contributed by atoms with Crippen molar-refractivity contribution in [3.05, 3.63) is 87.7 Å². The number of hydrogen-bond acceptors (Lipinski definition) is 7. The molecule has 1 aromatic heterocycles. The van der Waals surface area contributed by atoms with Crippen molar-refractivity contribution >= 4 is 45.6 Å². The maximum atomic E-state index is 13.0. The first kappa shape index (κ1) is 24.4. The number of fused-ring (bicyclic) bond motifs is 1. The molecule has 0 aliphatic carbocycles. The van der Waals surface area contributed by atoms with Gasteiger partial charge in [-0.15, -0.1) is 0 Å². The number of aromatic carboxylic acids is 1. The maximum absolute atomic E-state index is 13.0. The number of carbonyl (C=O) groups excluding carboxylic acids is 1. The maximum Gasteiger partial charge on any atom is 0.341 e. The first-order valence-electron chi connectivity index (χ1n) is 11.7. The summed E-state index contributed by atoms with van der Waals surface area (Å²) in [5.74, 6) is -1.83. The number of benzene rings is 3. The fourth-order valence-electron chi connectivity index (χ4n) is 4.17. The summed E-state index contributed by atoms with van der Waals surface area (Å²) in [6, 6.07) is 16.9. The molecule has 0 radical (unpaired) electrons. The number of H-pyrrole nitrogens is 1. The minimum atomic E-state index is -1.31. The van der Waals surface area contributed by atoms with Crippen LogP contribution in [0.1, 0.15) is 28.4 Å². The lowest BCUT2D eigenvalue weighted by Gasteiger charge is -2.13. The first-order valence-corrected chi connectivity index (χ1v) is 11.7. The minimum absolute atomic E-state index is 0.116. The van der Waals surface area contributed by atoms with Crippen LogP contribution in [0.5, 0.6) is 5.75 Å². The average molecular weight is 510 g/mol. The van der Waals surface area contributed by atoms with Crippen LogP contribution in [0.15, 0.2) is 75.7 Å². The van der Waals surface area contributed by atoms with E-state index in [0.29, 0.717) is 33.4 Å². The summed E-state index contributed by atoms with van der Waals surface area (Å²) in [7, 11) is 0. The van der Waals surface area contributed by atoms with Gasteiger partial charge in [0.1, 0.15) is 11.3 Å². The Kier molecular flexibility index (Phi) is 6.00. The highest BCUT2D eigenvalue weighted by atomic mass is 16.4. The molecule has 10 heteroatoms. The molecule has 10 nitrogen and oxygen atoms in total. The summed E-state index contributed by atoms with van der Waals surface area (Å²) >= 11 is 0. The quantitative estimate of drug-likeness (QED) is 0.231. The third-order valence-electron chi connectivity index (χ3n) is 6.43. The molecule has 0 saturated heterocycles. The normalized spacial score (nSPS) is 14.3. The summed E-state index contributed by atoms with van der Waals surface area (Å²) in [5, 5.41) is 30.6. The highest BCUT2D eigenvalue weighted by Gasteiger charge is 2.31. The standard InChI is InChI=1S/C28H23N5O5/c1-14-7-10-19(11-15(14)2)33-27(36)24(16(3)32-33)31-30-22-6-4-5-20(25(22)34)17-8-9-18-12-21(28(37)38)26(35)29-23(18)13-17/h4-13,30,34H,1-3H3,(H,29,35)(H,37,38). The van der Waals surface area contributed by atoms with Crippen LogP contribution in [0.25, 0.3) is 22.0 Å². The lowest BCUT2D eigenvalue weighted by atomic mass is 10.0. The molecule has 0 atom stereocenters. The second kappa shape index (κ2) is 9.32. The lowest BCUT2D eigenvalue weighted by Crippen LogP contribution is -2.28. The Morgan fingerprint density at radius 3 is 2.53 bits per heavy atom. The second-order valence-electron chi connectivity index (χ2n) is 8.96. The molecule has 0 unspecified atom stereocenters. The van der Waals surface area contributed by atoms with Gasteiger partial charge in [0, 0.05) is 11.1 Å². The largest absolute Gasteiger partial charge is 0.505 e. The number of pyridine rings is 1. The summed E-state index contributed by atoms with van der Waals surface area (Å²) in [6.45, 7) is 5.63. The second-order valence-corrected chi connectivity index (χ2v) is 8.96.